The number of amides is 1. The van der Waals surface area contributed by atoms with Gasteiger partial charge >= 0.3 is 0 Å². The fourth-order valence-electron chi connectivity index (χ4n) is 1.85. The lowest BCUT2D eigenvalue weighted by Crippen LogP contribution is -2.54. The molecule has 1 amide bonds. The van der Waals surface area contributed by atoms with E-state index in [0.29, 0.717) is 39.1 Å². The van der Waals surface area contributed by atoms with Crippen LogP contribution >= 0.6 is 0 Å². The number of hydrogen-bond donors (Lipinski definition) is 1. The number of nitrogens with one attached hydrogen (secondary N) is 1. The van der Waals surface area contributed by atoms with Crippen molar-refractivity contribution < 1.29 is 9.53 Å². The Morgan fingerprint density at radius 1 is 1.40 bits per heavy atom. The van der Waals surface area contributed by atoms with Crippen molar-refractivity contribution in [1.29, 1.82) is 5.26 Å². The van der Waals surface area contributed by atoms with E-state index in [-0.39, 0.29) is 5.91 Å². The Hall–Kier alpha value is -1.12. The van der Waals surface area contributed by atoms with Gasteiger partial charge in [0.15, 0.2) is 0 Å². The van der Waals surface area contributed by atoms with Crippen LogP contribution in [0.4, 0.5) is 0 Å². The molecule has 82 valence electrons. The number of nitrogens with zero attached hydrogens (tertiary/aromatic N) is 2. The molecule has 1 aliphatic carbocycles. The molecule has 0 bridgehead atoms. The molecule has 1 aliphatic heterocycles. The van der Waals surface area contributed by atoms with Crippen molar-refractivity contribution in [3.8, 4) is 6.07 Å². The number of ether oxygens (including phenoxy) is 1. The molecular weight excluding hydrogens is 194 g/mol. The van der Waals surface area contributed by atoms with Crippen LogP contribution in [0.5, 0.6) is 0 Å². The predicted octanol–water partition coefficient (Wildman–Crippen LogP) is 0.0437. The molecule has 1 N–H and O–H groups in total. The smallest absolute Gasteiger partial charge is 0.254 e. The van der Waals surface area contributed by atoms with Gasteiger partial charge in [-0.15, -0.1) is 0 Å². The van der Waals surface area contributed by atoms with Gasteiger partial charge < -0.3 is 4.74 Å². The fraction of sp³-hybridized carbons (Fsp3) is 0.800. The highest BCUT2D eigenvalue weighted by Crippen LogP contribution is 2.40. The molecule has 1 heterocycles. The molecular formula is C10H15N3O2. The lowest BCUT2D eigenvalue weighted by molar-refractivity contribution is -0.139. The minimum Gasteiger partial charge on any atom is -0.379 e. The zero-order valence-electron chi connectivity index (χ0n) is 8.66. The first-order valence-corrected chi connectivity index (χ1v) is 5.32. The maximum Gasteiger partial charge on any atom is 0.254 e. The largest absolute Gasteiger partial charge is 0.379 e. The third-order valence-electron chi connectivity index (χ3n) is 3.13. The van der Waals surface area contributed by atoms with E-state index in [1.54, 1.807) is 0 Å². The first kappa shape index (κ1) is 10.4. The monoisotopic (exact) mass is 209 g/mol. The van der Waals surface area contributed by atoms with Crippen LogP contribution in [-0.4, -0.2) is 37.2 Å². The number of hydrogen-bond acceptors (Lipinski definition) is 4. The molecule has 0 aromatic heterocycles. The van der Waals surface area contributed by atoms with Crippen molar-refractivity contribution in [2.75, 3.05) is 26.3 Å². The van der Waals surface area contributed by atoms with Crippen molar-refractivity contribution in [3.05, 3.63) is 0 Å². The molecule has 2 fully saturated rings. The van der Waals surface area contributed by atoms with E-state index >= 15 is 0 Å². The van der Waals surface area contributed by atoms with Gasteiger partial charge in [0.1, 0.15) is 5.41 Å². The number of rotatable bonds is 2. The van der Waals surface area contributed by atoms with Crippen LogP contribution in [0.1, 0.15) is 19.3 Å². The zero-order valence-corrected chi connectivity index (χ0v) is 8.66. The van der Waals surface area contributed by atoms with Crippen molar-refractivity contribution in [3.63, 3.8) is 0 Å². The van der Waals surface area contributed by atoms with Crippen LogP contribution in [0, 0.1) is 16.7 Å². The summed E-state index contributed by atoms with van der Waals surface area (Å²) in [6.07, 6.45) is 2.36. The van der Waals surface area contributed by atoms with Crippen LogP contribution < -0.4 is 5.43 Å². The zero-order chi connectivity index (χ0) is 10.7. The maximum atomic E-state index is 11.8. The Morgan fingerprint density at radius 3 is 2.53 bits per heavy atom. The van der Waals surface area contributed by atoms with Gasteiger partial charge in [-0.05, 0) is 19.3 Å². The highest BCUT2D eigenvalue weighted by Gasteiger charge is 2.45. The average Bonchev–Trinajstić information content (AvgIpc) is 2.18. The highest BCUT2D eigenvalue weighted by atomic mass is 16.5. The van der Waals surface area contributed by atoms with Crippen LogP contribution in [-0.2, 0) is 9.53 Å². The minimum atomic E-state index is -0.752. The molecule has 0 radical (unpaired) electrons. The Bertz CT molecular complexity index is 288. The molecule has 1 saturated heterocycles. The van der Waals surface area contributed by atoms with Crippen molar-refractivity contribution in [1.82, 2.24) is 10.4 Å². The average molecular weight is 209 g/mol. The van der Waals surface area contributed by atoms with Gasteiger partial charge in [-0.1, -0.05) is 0 Å². The van der Waals surface area contributed by atoms with Crippen LogP contribution in [0.15, 0.2) is 0 Å². The minimum absolute atomic E-state index is 0.141. The number of carbonyl (C=O) groups is 1. The van der Waals surface area contributed by atoms with Crippen molar-refractivity contribution in [2.24, 2.45) is 5.41 Å². The molecule has 0 unspecified atom stereocenters. The molecule has 15 heavy (non-hydrogen) atoms. The van der Waals surface area contributed by atoms with Gasteiger partial charge in [-0.2, -0.15) is 5.26 Å². The normalized spacial score (nSPS) is 25.0. The van der Waals surface area contributed by atoms with E-state index in [9.17, 15) is 4.79 Å². The number of nitriles is 1. The Morgan fingerprint density at radius 2 is 2.07 bits per heavy atom. The van der Waals surface area contributed by atoms with Gasteiger partial charge in [0.05, 0.1) is 19.3 Å². The topological polar surface area (TPSA) is 65.4 Å². The molecule has 0 atom stereocenters. The molecule has 2 aliphatic rings. The lowest BCUT2D eigenvalue weighted by atomic mass is 9.69. The molecule has 2 rings (SSSR count). The van der Waals surface area contributed by atoms with E-state index in [2.05, 4.69) is 11.5 Å². The summed E-state index contributed by atoms with van der Waals surface area (Å²) in [5.41, 5.74) is 2.05. The SMILES string of the molecule is N#CC1(C(=O)NN2CCOCC2)CCC1. The second-order valence-electron chi connectivity index (χ2n) is 4.09. The highest BCUT2D eigenvalue weighted by molar-refractivity contribution is 5.85. The summed E-state index contributed by atoms with van der Waals surface area (Å²) in [4.78, 5) is 11.8. The molecule has 0 aromatic carbocycles. The second kappa shape index (κ2) is 4.17. The summed E-state index contributed by atoms with van der Waals surface area (Å²) in [5.74, 6) is -0.141. The van der Waals surface area contributed by atoms with E-state index < -0.39 is 5.41 Å². The first-order chi connectivity index (χ1) is 7.27. The van der Waals surface area contributed by atoms with Crippen molar-refractivity contribution in [2.45, 2.75) is 19.3 Å². The summed E-state index contributed by atoms with van der Waals surface area (Å²) >= 11 is 0. The summed E-state index contributed by atoms with van der Waals surface area (Å²) in [6, 6.07) is 2.13. The van der Waals surface area contributed by atoms with Crippen molar-refractivity contribution >= 4 is 5.91 Å². The van der Waals surface area contributed by atoms with Crippen LogP contribution in [0.2, 0.25) is 0 Å². The van der Waals surface area contributed by atoms with Gasteiger partial charge in [0.2, 0.25) is 0 Å². The van der Waals surface area contributed by atoms with Gasteiger partial charge in [-0.25, -0.2) is 5.01 Å². The lowest BCUT2D eigenvalue weighted by Gasteiger charge is -2.36. The number of morpholine rings is 1. The third-order valence-corrected chi connectivity index (χ3v) is 3.13. The maximum absolute atomic E-state index is 11.8. The van der Waals surface area contributed by atoms with E-state index in [4.69, 9.17) is 10.00 Å². The molecule has 5 heteroatoms. The summed E-state index contributed by atoms with van der Waals surface area (Å²) in [6.45, 7) is 2.68. The van der Waals surface area contributed by atoms with E-state index in [0.717, 1.165) is 6.42 Å². The van der Waals surface area contributed by atoms with Gasteiger partial charge in [0.25, 0.3) is 5.91 Å². The van der Waals surface area contributed by atoms with Crippen LogP contribution in [0.25, 0.3) is 0 Å². The summed E-state index contributed by atoms with van der Waals surface area (Å²) in [7, 11) is 0. The predicted molar refractivity (Wildman–Crippen MR) is 52.4 cm³/mol. The third kappa shape index (κ3) is 1.96. The summed E-state index contributed by atoms with van der Waals surface area (Å²) in [5, 5.41) is 10.8. The van der Waals surface area contributed by atoms with Gasteiger partial charge in [-0.3, -0.25) is 10.2 Å². The second-order valence-corrected chi connectivity index (χ2v) is 4.09. The quantitative estimate of drug-likeness (QED) is 0.697. The fourth-order valence-corrected chi connectivity index (χ4v) is 1.85. The molecule has 5 nitrogen and oxygen atoms in total. The Kier molecular flexibility index (Phi) is 2.89. The summed E-state index contributed by atoms with van der Waals surface area (Å²) < 4.78 is 5.18. The Balaban J connectivity index is 1.88. The number of hydrazine groups is 1. The molecule has 1 saturated carbocycles. The Labute approximate surface area is 89.0 Å². The first-order valence-electron chi connectivity index (χ1n) is 5.32. The van der Waals surface area contributed by atoms with Gasteiger partial charge in [0, 0.05) is 13.1 Å². The van der Waals surface area contributed by atoms with Crippen LogP contribution in [0.3, 0.4) is 0 Å². The van der Waals surface area contributed by atoms with E-state index in [1.807, 2.05) is 5.01 Å². The standard InChI is InChI=1S/C10H15N3O2/c11-8-10(2-1-3-10)9(14)12-13-4-6-15-7-5-13/h1-7H2,(H,12,14). The molecule has 0 spiro atoms. The number of carbonyl (C=O) groups excluding carboxylic acids is 1. The van der Waals surface area contributed by atoms with E-state index in [1.165, 1.54) is 0 Å². The molecule has 0 aromatic rings.